The van der Waals surface area contributed by atoms with Crippen LogP contribution in [0.3, 0.4) is 0 Å². The summed E-state index contributed by atoms with van der Waals surface area (Å²) in [6.07, 6.45) is 9.56. The van der Waals surface area contributed by atoms with Crippen molar-refractivity contribution in [3.63, 3.8) is 0 Å². The van der Waals surface area contributed by atoms with Crippen molar-refractivity contribution in [2.75, 3.05) is 13.1 Å². The average Bonchev–Trinajstić information content (AvgIpc) is 3.26. The van der Waals surface area contributed by atoms with E-state index < -0.39 is 0 Å². The van der Waals surface area contributed by atoms with Crippen molar-refractivity contribution in [3.05, 3.63) is 24.2 Å². The third-order valence-electron chi connectivity index (χ3n) is 5.38. The first kappa shape index (κ1) is 17.1. The van der Waals surface area contributed by atoms with Gasteiger partial charge in [0.05, 0.1) is 12.8 Å². The molecule has 5 nitrogen and oxygen atoms in total. The molecule has 1 aliphatic carbocycles. The van der Waals surface area contributed by atoms with Gasteiger partial charge in [-0.2, -0.15) is 0 Å². The van der Waals surface area contributed by atoms with Gasteiger partial charge >= 0.3 is 0 Å². The summed E-state index contributed by atoms with van der Waals surface area (Å²) in [6.45, 7) is 3.54. The quantitative estimate of drug-likeness (QED) is 0.832. The Kier molecular flexibility index (Phi) is 5.59. The summed E-state index contributed by atoms with van der Waals surface area (Å²) < 4.78 is 5.47. The fourth-order valence-electron chi connectivity index (χ4n) is 4.12. The lowest BCUT2D eigenvalue weighted by Crippen LogP contribution is -2.48. The van der Waals surface area contributed by atoms with E-state index in [1.54, 1.807) is 18.1 Å². The monoisotopic (exact) mass is 332 g/mol. The summed E-state index contributed by atoms with van der Waals surface area (Å²) in [4.78, 5) is 28.6. The van der Waals surface area contributed by atoms with Gasteiger partial charge in [-0.25, -0.2) is 0 Å². The zero-order chi connectivity index (χ0) is 16.9. The largest absolute Gasteiger partial charge is 0.467 e. The number of hydrogen-bond donors (Lipinski definition) is 0. The normalized spacial score (nSPS) is 21.9. The average molecular weight is 332 g/mol. The third-order valence-corrected chi connectivity index (χ3v) is 5.38. The van der Waals surface area contributed by atoms with E-state index >= 15 is 0 Å². The second kappa shape index (κ2) is 7.86. The van der Waals surface area contributed by atoms with Crippen molar-refractivity contribution >= 4 is 11.8 Å². The summed E-state index contributed by atoms with van der Waals surface area (Å²) in [5.74, 6) is 1.47. The van der Waals surface area contributed by atoms with E-state index in [4.69, 9.17) is 4.42 Å². The first-order valence-electron chi connectivity index (χ1n) is 9.23. The van der Waals surface area contributed by atoms with Crippen LogP contribution in [0.15, 0.2) is 22.8 Å². The fraction of sp³-hybridized carbons (Fsp3) is 0.684. The molecule has 1 aliphatic heterocycles. The van der Waals surface area contributed by atoms with Gasteiger partial charge in [0, 0.05) is 20.0 Å². The van der Waals surface area contributed by atoms with Crippen LogP contribution >= 0.6 is 0 Å². The fourth-order valence-corrected chi connectivity index (χ4v) is 4.12. The maximum Gasteiger partial charge on any atom is 0.245 e. The summed E-state index contributed by atoms with van der Waals surface area (Å²) in [5.41, 5.74) is 0. The predicted molar refractivity (Wildman–Crippen MR) is 91.1 cm³/mol. The van der Waals surface area contributed by atoms with E-state index in [1.807, 2.05) is 17.0 Å². The third kappa shape index (κ3) is 4.00. The van der Waals surface area contributed by atoms with Crippen LogP contribution in [0.25, 0.3) is 0 Å². The molecule has 2 aliphatic rings. The van der Waals surface area contributed by atoms with Crippen LogP contribution in [0, 0.1) is 5.92 Å². The second-order valence-electron chi connectivity index (χ2n) is 7.17. The molecule has 0 radical (unpaired) electrons. The molecule has 1 aromatic heterocycles. The minimum Gasteiger partial charge on any atom is -0.467 e. The van der Waals surface area contributed by atoms with Gasteiger partial charge in [0.1, 0.15) is 11.8 Å². The van der Waals surface area contributed by atoms with Crippen molar-refractivity contribution in [2.45, 2.75) is 64.5 Å². The molecule has 2 fully saturated rings. The van der Waals surface area contributed by atoms with Crippen molar-refractivity contribution in [1.82, 2.24) is 9.80 Å². The Morgan fingerprint density at radius 3 is 2.67 bits per heavy atom. The number of rotatable bonds is 5. The number of carbonyl (C=O) groups excluding carboxylic acids is 2. The summed E-state index contributed by atoms with van der Waals surface area (Å²) in [5, 5.41) is 0. The highest BCUT2D eigenvalue weighted by Gasteiger charge is 2.36. The number of nitrogens with zero attached hydrogens (tertiary/aromatic N) is 2. The minimum absolute atomic E-state index is 0.00136. The topological polar surface area (TPSA) is 53.8 Å². The first-order chi connectivity index (χ1) is 11.6. The first-order valence-corrected chi connectivity index (χ1v) is 9.23. The second-order valence-corrected chi connectivity index (χ2v) is 7.17. The Morgan fingerprint density at radius 2 is 2.00 bits per heavy atom. The van der Waals surface area contributed by atoms with Crippen LogP contribution in [0.1, 0.15) is 57.6 Å². The molecule has 2 heterocycles. The molecular formula is C19H28N2O3. The molecule has 2 amide bonds. The molecule has 0 aromatic carbocycles. The molecule has 1 saturated heterocycles. The van der Waals surface area contributed by atoms with E-state index in [-0.39, 0.29) is 17.9 Å². The van der Waals surface area contributed by atoms with E-state index in [2.05, 4.69) is 0 Å². The molecule has 5 heteroatoms. The maximum atomic E-state index is 13.2. The Labute approximate surface area is 144 Å². The highest BCUT2D eigenvalue weighted by Crippen LogP contribution is 2.27. The van der Waals surface area contributed by atoms with Gasteiger partial charge < -0.3 is 14.2 Å². The van der Waals surface area contributed by atoms with E-state index in [9.17, 15) is 9.59 Å². The summed E-state index contributed by atoms with van der Waals surface area (Å²) in [6, 6.07) is 3.48. The van der Waals surface area contributed by atoms with Gasteiger partial charge in [-0.3, -0.25) is 9.59 Å². The predicted octanol–water partition coefficient (Wildman–Crippen LogP) is 3.20. The van der Waals surface area contributed by atoms with Crippen molar-refractivity contribution in [3.8, 4) is 0 Å². The standard InChI is InChI=1S/C19H28N2O3/c1-15(22)21-11-5-10-18(21)19(23)20(14-17-9-6-12-24-17)13-16-7-3-2-4-8-16/h6,9,12,16,18H,2-5,7-8,10-11,13-14H2,1H3/t18-/m0/s1. The smallest absolute Gasteiger partial charge is 0.245 e. The van der Waals surface area contributed by atoms with Gasteiger partial charge in [0.15, 0.2) is 0 Å². The van der Waals surface area contributed by atoms with Crippen molar-refractivity contribution in [2.24, 2.45) is 5.92 Å². The number of carbonyl (C=O) groups is 2. The van der Waals surface area contributed by atoms with Gasteiger partial charge in [0.2, 0.25) is 11.8 Å². The molecule has 0 spiro atoms. The molecule has 1 aromatic rings. The SMILES string of the molecule is CC(=O)N1CCC[C@H]1C(=O)N(Cc1ccco1)CC1CCCCC1. The molecule has 132 valence electrons. The molecule has 0 N–H and O–H groups in total. The maximum absolute atomic E-state index is 13.2. The Bertz CT molecular complexity index is 549. The van der Waals surface area contributed by atoms with E-state index in [0.29, 0.717) is 19.0 Å². The van der Waals surface area contributed by atoms with Crippen LogP contribution in [0.4, 0.5) is 0 Å². The number of hydrogen-bond acceptors (Lipinski definition) is 3. The van der Waals surface area contributed by atoms with Crippen LogP contribution in [-0.2, 0) is 16.1 Å². The molecule has 24 heavy (non-hydrogen) atoms. The van der Waals surface area contributed by atoms with Crippen LogP contribution in [0.5, 0.6) is 0 Å². The molecule has 1 atom stereocenters. The Hall–Kier alpha value is -1.78. The van der Waals surface area contributed by atoms with E-state index in [1.165, 1.54) is 32.1 Å². The van der Waals surface area contributed by atoms with Gasteiger partial charge in [-0.15, -0.1) is 0 Å². The lowest BCUT2D eigenvalue weighted by atomic mass is 9.88. The zero-order valence-corrected chi connectivity index (χ0v) is 14.6. The van der Waals surface area contributed by atoms with Crippen LogP contribution in [0.2, 0.25) is 0 Å². The van der Waals surface area contributed by atoms with Gasteiger partial charge in [0.25, 0.3) is 0 Å². The Morgan fingerprint density at radius 1 is 1.21 bits per heavy atom. The van der Waals surface area contributed by atoms with Crippen LogP contribution in [-0.4, -0.2) is 40.7 Å². The number of amides is 2. The molecule has 0 unspecified atom stereocenters. The van der Waals surface area contributed by atoms with Crippen molar-refractivity contribution < 1.29 is 14.0 Å². The van der Waals surface area contributed by atoms with Gasteiger partial charge in [-0.05, 0) is 43.7 Å². The lowest BCUT2D eigenvalue weighted by molar-refractivity contribution is -0.144. The number of furan rings is 1. The Balaban J connectivity index is 1.72. The molecule has 0 bridgehead atoms. The summed E-state index contributed by atoms with van der Waals surface area (Å²) >= 11 is 0. The van der Waals surface area contributed by atoms with Crippen LogP contribution < -0.4 is 0 Å². The highest BCUT2D eigenvalue weighted by molar-refractivity contribution is 5.87. The molecular weight excluding hydrogens is 304 g/mol. The number of likely N-dealkylation sites (tertiary alicyclic amines) is 1. The lowest BCUT2D eigenvalue weighted by Gasteiger charge is -2.33. The summed E-state index contributed by atoms with van der Waals surface area (Å²) in [7, 11) is 0. The van der Waals surface area contributed by atoms with Crippen molar-refractivity contribution in [1.29, 1.82) is 0 Å². The zero-order valence-electron chi connectivity index (χ0n) is 14.6. The van der Waals surface area contributed by atoms with Gasteiger partial charge in [-0.1, -0.05) is 19.3 Å². The molecule has 3 rings (SSSR count). The van der Waals surface area contributed by atoms with E-state index in [0.717, 1.165) is 25.1 Å². The molecule has 1 saturated carbocycles. The highest BCUT2D eigenvalue weighted by atomic mass is 16.3. The minimum atomic E-state index is -0.291.